The topological polar surface area (TPSA) is 55.6 Å². The van der Waals surface area contributed by atoms with Crippen LogP contribution in [0.15, 0.2) is 59.8 Å². The number of aromatic nitrogens is 1. The molecule has 3 rings (SSSR count). The molecule has 0 aliphatic rings. The number of hydrogen-bond acceptors (Lipinski definition) is 3. The Hall–Kier alpha value is -3.15. The summed E-state index contributed by atoms with van der Waals surface area (Å²) >= 11 is 0. The van der Waals surface area contributed by atoms with Crippen LogP contribution in [-0.2, 0) is 11.3 Å². The highest BCUT2D eigenvalue weighted by atomic mass is 19.1. The number of hydrazone groups is 1. The molecule has 3 aromatic rings. The number of halogens is 1. The number of amides is 1. The van der Waals surface area contributed by atoms with Crippen molar-refractivity contribution in [2.45, 2.75) is 13.5 Å². The van der Waals surface area contributed by atoms with Crippen LogP contribution in [0.5, 0.6) is 0 Å². The summed E-state index contributed by atoms with van der Waals surface area (Å²) in [6.07, 6.45) is 2.94. The standard InChI is InChI=1S/C19H18FN3O2/c1-2-25-19(24)22-21-11-15-13-23(18-6-4-3-5-17(15)18)12-14-7-9-16(20)10-8-14/h3-11,13H,2,12H2,1H3,(H,22,24)/b21-11-. The number of carbonyl (C=O) groups excluding carboxylic acids is 1. The van der Waals surface area contributed by atoms with Crippen LogP contribution in [0.2, 0.25) is 0 Å². The first-order chi connectivity index (χ1) is 12.2. The van der Waals surface area contributed by atoms with Gasteiger partial charge in [0.1, 0.15) is 5.82 Å². The quantitative estimate of drug-likeness (QED) is 0.566. The molecular weight excluding hydrogens is 321 g/mol. The van der Waals surface area contributed by atoms with Gasteiger partial charge in [0, 0.05) is 29.2 Å². The van der Waals surface area contributed by atoms with E-state index in [1.165, 1.54) is 12.1 Å². The molecule has 1 N–H and O–H groups in total. The molecule has 0 saturated carbocycles. The van der Waals surface area contributed by atoms with Crippen LogP contribution in [0.25, 0.3) is 10.9 Å². The largest absolute Gasteiger partial charge is 0.449 e. The Morgan fingerprint density at radius 1 is 1.24 bits per heavy atom. The number of nitrogens with zero attached hydrogens (tertiary/aromatic N) is 2. The van der Waals surface area contributed by atoms with Gasteiger partial charge in [-0.2, -0.15) is 5.10 Å². The predicted octanol–water partition coefficient (Wildman–Crippen LogP) is 3.91. The van der Waals surface area contributed by atoms with Gasteiger partial charge >= 0.3 is 6.09 Å². The third-order valence-electron chi connectivity index (χ3n) is 3.72. The zero-order valence-electron chi connectivity index (χ0n) is 13.8. The zero-order valence-corrected chi connectivity index (χ0v) is 13.8. The number of ether oxygens (including phenoxy) is 1. The summed E-state index contributed by atoms with van der Waals surface area (Å²) in [5, 5.41) is 4.94. The van der Waals surface area contributed by atoms with Crippen LogP contribution in [0.3, 0.4) is 0 Å². The Morgan fingerprint density at radius 3 is 2.76 bits per heavy atom. The van der Waals surface area contributed by atoms with E-state index in [0.29, 0.717) is 13.2 Å². The highest BCUT2D eigenvalue weighted by Crippen LogP contribution is 2.21. The van der Waals surface area contributed by atoms with Crippen LogP contribution in [-0.4, -0.2) is 23.5 Å². The van der Waals surface area contributed by atoms with E-state index >= 15 is 0 Å². The Morgan fingerprint density at radius 2 is 2.00 bits per heavy atom. The molecule has 1 heterocycles. The minimum atomic E-state index is -0.589. The van der Waals surface area contributed by atoms with Crippen molar-refractivity contribution in [1.29, 1.82) is 0 Å². The Labute approximate surface area is 144 Å². The maximum atomic E-state index is 13.1. The summed E-state index contributed by atoms with van der Waals surface area (Å²) < 4.78 is 19.9. The van der Waals surface area contributed by atoms with Gasteiger partial charge in [0.2, 0.25) is 0 Å². The van der Waals surface area contributed by atoms with Gasteiger partial charge in [0.25, 0.3) is 0 Å². The molecule has 0 fully saturated rings. The second-order valence-electron chi connectivity index (χ2n) is 5.45. The van der Waals surface area contributed by atoms with Gasteiger partial charge in [-0.15, -0.1) is 0 Å². The third kappa shape index (κ3) is 4.03. The Kier molecular flexibility index (Phi) is 5.09. The summed E-state index contributed by atoms with van der Waals surface area (Å²) in [5.41, 5.74) is 5.22. The summed E-state index contributed by atoms with van der Waals surface area (Å²) in [4.78, 5) is 11.3. The number of fused-ring (bicyclic) bond motifs is 1. The highest BCUT2D eigenvalue weighted by Gasteiger charge is 2.07. The normalized spacial score (nSPS) is 11.1. The lowest BCUT2D eigenvalue weighted by molar-refractivity contribution is 0.152. The van der Waals surface area contributed by atoms with E-state index in [-0.39, 0.29) is 5.82 Å². The van der Waals surface area contributed by atoms with Crippen molar-refractivity contribution in [3.05, 3.63) is 71.7 Å². The van der Waals surface area contributed by atoms with Crippen molar-refractivity contribution in [2.24, 2.45) is 5.10 Å². The van der Waals surface area contributed by atoms with Gasteiger partial charge in [0.15, 0.2) is 0 Å². The van der Waals surface area contributed by atoms with Gasteiger partial charge in [-0.1, -0.05) is 30.3 Å². The molecule has 0 saturated heterocycles. The maximum absolute atomic E-state index is 13.1. The number of hydrogen-bond donors (Lipinski definition) is 1. The van der Waals surface area contributed by atoms with Crippen LogP contribution < -0.4 is 5.43 Å². The predicted molar refractivity (Wildman–Crippen MR) is 95.2 cm³/mol. The van der Waals surface area contributed by atoms with E-state index < -0.39 is 6.09 Å². The molecule has 0 atom stereocenters. The van der Waals surface area contributed by atoms with Crippen LogP contribution in [0.1, 0.15) is 18.1 Å². The summed E-state index contributed by atoms with van der Waals surface area (Å²) in [6.45, 7) is 2.63. The molecule has 0 spiro atoms. The molecule has 0 radical (unpaired) electrons. The lowest BCUT2D eigenvalue weighted by Crippen LogP contribution is -2.18. The molecule has 2 aromatic carbocycles. The third-order valence-corrected chi connectivity index (χ3v) is 3.72. The number of benzene rings is 2. The van der Waals surface area contributed by atoms with Crippen molar-refractivity contribution >= 4 is 23.2 Å². The highest BCUT2D eigenvalue weighted by molar-refractivity contribution is 5.99. The maximum Gasteiger partial charge on any atom is 0.427 e. The number of rotatable bonds is 5. The summed E-state index contributed by atoms with van der Waals surface area (Å²) in [5.74, 6) is -0.251. The molecule has 1 aromatic heterocycles. The molecule has 128 valence electrons. The molecule has 1 amide bonds. The molecule has 0 unspecified atom stereocenters. The van der Waals surface area contributed by atoms with Crippen molar-refractivity contribution in [3.8, 4) is 0 Å². The van der Waals surface area contributed by atoms with E-state index in [4.69, 9.17) is 4.74 Å². The van der Waals surface area contributed by atoms with Crippen LogP contribution in [0, 0.1) is 5.82 Å². The van der Waals surface area contributed by atoms with Crippen molar-refractivity contribution < 1.29 is 13.9 Å². The second-order valence-corrected chi connectivity index (χ2v) is 5.45. The monoisotopic (exact) mass is 339 g/mol. The first-order valence-corrected chi connectivity index (χ1v) is 7.95. The minimum absolute atomic E-state index is 0.251. The van der Waals surface area contributed by atoms with Crippen LogP contribution in [0.4, 0.5) is 9.18 Å². The first-order valence-electron chi connectivity index (χ1n) is 7.95. The van der Waals surface area contributed by atoms with Gasteiger partial charge in [-0.3, -0.25) is 0 Å². The number of nitrogens with one attached hydrogen (secondary N) is 1. The average Bonchev–Trinajstić information content (AvgIpc) is 2.95. The van der Waals surface area contributed by atoms with E-state index in [1.54, 1.807) is 25.3 Å². The molecule has 6 heteroatoms. The molecular formula is C19H18FN3O2. The van der Waals surface area contributed by atoms with E-state index in [0.717, 1.165) is 22.0 Å². The fourth-order valence-corrected chi connectivity index (χ4v) is 2.61. The van der Waals surface area contributed by atoms with E-state index in [2.05, 4.69) is 15.1 Å². The molecule has 0 aliphatic carbocycles. The van der Waals surface area contributed by atoms with Gasteiger partial charge in [-0.05, 0) is 30.7 Å². The first kappa shape index (κ1) is 16.7. The average molecular weight is 339 g/mol. The lowest BCUT2D eigenvalue weighted by Gasteiger charge is -2.05. The zero-order chi connectivity index (χ0) is 17.6. The van der Waals surface area contributed by atoms with Gasteiger partial charge < -0.3 is 9.30 Å². The number of carbonyl (C=O) groups is 1. The van der Waals surface area contributed by atoms with Crippen molar-refractivity contribution in [1.82, 2.24) is 9.99 Å². The molecule has 0 bridgehead atoms. The summed E-state index contributed by atoms with van der Waals surface area (Å²) in [6, 6.07) is 14.3. The SMILES string of the molecule is CCOC(=O)N/N=C\c1cn(Cc2ccc(F)cc2)c2ccccc12. The Bertz CT molecular complexity index is 901. The molecule has 0 aliphatic heterocycles. The van der Waals surface area contributed by atoms with Gasteiger partial charge in [-0.25, -0.2) is 14.6 Å². The Balaban J connectivity index is 1.86. The summed E-state index contributed by atoms with van der Waals surface area (Å²) in [7, 11) is 0. The van der Waals surface area contributed by atoms with Gasteiger partial charge in [0.05, 0.1) is 12.8 Å². The van der Waals surface area contributed by atoms with Crippen molar-refractivity contribution in [3.63, 3.8) is 0 Å². The minimum Gasteiger partial charge on any atom is -0.449 e. The van der Waals surface area contributed by atoms with Crippen molar-refractivity contribution in [2.75, 3.05) is 6.61 Å². The lowest BCUT2D eigenvalue weighted by atomic mass is 10.2. The van der Waals surface area contributed by atoms with Crippen LogP contribution >= 0.6 is 0 Å². The number of para-hydroxylation sites is 1. The molecule has 25 heavy (non-hydrogen) atoms. The second kappa shape index (κ2) is 7.61. The molecule has 5 nitrogen and oxygen atoms in total. The van der Waals surface area contributed by atoms with E-state index in [9.17, 15) is 9.18 Å². The fourth-order valence-electron chi connectivity index (χ4n) is 2.61. The fraction of sp³-hybridized carbons (Fsp3) is 0.158. The van der Waals surface area contributed by atoms with E-state index in [1.807, 2.05) is 30.5 Å². The smallest absolute Gasteiger partial charge is 0.427 e.